The maximum Gasteiger partial charge on any atom is 0.323 e. The summed E-state index contributed by atoms with van der Waals surface area (Å²) in [6.45, 7) is 11.7. The molecule has 7 heteroatoms. The first kappa shape index (κ1) is 19.6. The van der Waals surface area contributed by atoms with E-state index in [0.29, 0.717) is 24.9 Å². The summed E-state index contributed by atoms with van der Waals surface area (Å²) in [7, 11) is 0. The summed E-state index contributed by atoms with van der Waals surface area (Å²) in [6, 6.07) is 10.4. The lowest BCUT2D eigenvalue weighted by Gasteiger charge is -2.48. The molecule has 3 aliphatic heterocycles. The third kappa shape index (κ3) is 4.04. The molecule has 7 nitrogen and oxygen atoms in total. The second-order valence-electron chi connectivity index (χ2n) is 8.93. The summed E-state index contributed by atoms with van der Waals surface area (Å²) in [5.41, 5.74) is 2.25. The van der Waals surface area contributed by atoms with Crippen molar-refractivity contribution in [1.82, 2.24) is 15.1 Å². The highest BCUT2D eigenvalue weighted by molar-refractivity contribution is 5.88. The van der Waals surface area contributed by atoms with Crippen LogP contribution in [0.3, 0.4) is 0 Å². The van der Waals surface area contributed by atoms with Crippen molar-refractivity contribution >= 4 is 17.5 Å². The van der Waals surface area contributed by atoms with E-state index in [4.69, 9.17) is 4.74 Å². The van der Waals surface area contributed by atoms with Gasteiger partial charge in [-0.3, -0.25) is 10.4 Å². The maximum atomic E-state index is 12.9. The number of aryl methyl sites for hydroxylation is 1. The van der Waals surface area contributed by atoms with Crippen molar-refractivity contribution in [2.45, 2.75) is 40.2 Å². The molecule has 3 saturated heterocycles. The number of aromatic amines is 1. The molecule has 1 aromatic heterocycles. The van der Waals surface area contributed by atoms with Crippen LogP contribution in [0.25, 0.3) is 0 Å². The lowest BCUT2D eigenvalue weighted by atomic mass is 9.73. The van der Waals surface area contributed by atoms with Gasteiger partial charge in [-0.05, 0) is 55.9 Å². The van der Waals surface area contributed by atoms with Crippen LogP contribution in [0.2, 0.25) is 0 Å². The zero-order valence-corrected chi connectivity index (χ0v) is 17.7. The molecule has 2 aromatic rings. The van der Waals surface area contributed by atoms with Gasteiger partial charge in [0, 0.05) is 37.1 Å². The predicted molar refractivity (Wildman–Crippen MR) is 115 cm³/mol. The molecule has 2 N–H and O–H groups in total. The molecule has 4 heterocycles. The van der Waals surface area contributed by atoms with Crippen LogP contribution in [0, 0.1) is 18.3 Å². The van der Waals surface area contributed by atoms with Gasteiger partial charge in [-0.15, -0.1) is 0 Å². The number of nitrogens with zero attached hydrogens (tertiary/aromatic N) is 3. The Morgan fingerprint density at radius 2 is 2.03 bits per heavy atom. The summed E-state index contributed by atoms with van der Waals surface area (Å²) in [5, 5.41) is 9.95. The fourth-order valence-corrected chi connectivity index (χ4v) is 4.86. The molecule has 1 aromatic carbocycles. The monoisotopic (exact) mass is 397 g/mol. The van der Waals surface area contributed by atoms with E-state index >= 15 is 0 Å². The molecular formula is C22H31N5O2. The summed E-state index contributed by atoms with van der Waals surface area (Å²) in [4.78, 5) is 17.4. The number of hydrogen-bond donors (Lipinski definition) is 2. The molecule has 0 radical (unpaired) electrons. The van der Waals surface area contributed by atoms with E-state index < -0.39 is 0 Å². The van der Waals surface area contributed by atoms with Gasteiger partial charge in [0.15, 0.2) is 5.82 Å². The van der Waals surface area contributed by atoms with E-state index in [9.17, 15) is 4.79 Å². The first-order chi connectivity index (χ1) is 13.9. The summed E-state index contributed by atoms with van der Waals surface area (Å²) >= 11 is 0. The van der Waals surface area contributed by atoms with Crippen molar-refractivity contribution in [1.29, 1.82) is 0 Å². The molecule has 0 saturated carbocycles. The number of ether oxygens (including phenoxy) is 1. The number of carbonyl (C=O) groups excluding carboxylic acids is 1. The standard InChI is InChI=1S/C22H31N5O2/c1-5-29-18-8-6-17(7-9-18)27-13-16-11-22(3,4)19(27)14-26(12-16)21(28)23-20-10-15(2)24-25-20/h6-10,16,19H,5,11-14H2,1-4H3,(H2,23,24,25,28)/t16-,19-/m1/s1. The smallest absolute Gasteiger partial charge is 0.323 e. The van der Waals surface area contributed by atoms with Crippen LogP contribution < -0.4 is 15.0 Å². The second kappa shape index (κ2) is 7.61. The number of nitrogens with one attached hydrogen (secondary N) is 2. The molecule has 0 aliphatic carbocycles. The summed E-state index contributed by atoms with van der Waals surface area (Å²) < 4.78 is 5.59. The number of piperidine rings is 1. The molecule has 2 atom stereocenters. The number of anilines is 2. The van der Waals surface area contributed by atoms with Crippen LogP contribution >= 0.6 is 0 Å². The Labute approximate surface area is 172 Å². The molecule has 2 amide bonds. The highest BCUT2D eigenvalue weighted by Crippen LogP contribution is 2.43. The Morgan fingerprint density at radius 1 is 1.28 bits per heavy atom. The Morgan fingerprint density at radius 3 is 2.69 bits per heavy atom. The minimum absolute atomic E-state index is 0.0715. The Kier molecular flexibility index (Phi) is 5.15. The highest BCUT2D eigenvalue weighted by atomic mass is 16.5. The Hall–Kier alpha value is -2.70. The number of benzene rings is 1. The van der Waals surface area contributed by atoms with Gasteiger partial charge in [-0.1, -0.05) is 13.8 Å². The quantitative estimate of drug-likeness (QED) is 0.821. The number of fused-ring (bicyclic) bond motifs is 4. The lowest BCUT2D eigenvalue weighted by Crippen LogP contribution is -2.54. The van der Waals surface area contributed by atoms with Crippen molar-refractivity contribution in [3.8, 4) is 5.75 Å². The number of urea groups is 1. The minimum atomic E-state index is -0.0715. The van der Waals surface area contributed by atoms with Crippen LogP contribution in [0.4, 0.5) is 16.3 Å². The average molecular weight is 398 g/mol. The van der Waals surface area contributed by atoms with Gasteiger partial charge in [0.1, 0.15) is 5.75 Å². The fourth-order valence-electron chi connectivity index (χ4n) is 4.86. The molecule has 29 heavy (non-hydrogen) atoms. The van der Waals surface area contributed by atoms with Gasteiger partial charge in [-0.25, -0.2) is 4.79 Å². The first-order valence-corrected chi connectivity index (χ1v) is 10.4. The third-order valence-corrected chi connectivity index (χ3v) is 6.13. The molecule has 5 rings (SSSR count). The molecular weight excluding hydrogens is 366 g/mol. The summed E-state index contributed by atoms with van der Waals surface area (Å²) in [5.74, 6) is 1.90. The average Bonchev–Trinajstić information content (AvgIpc) is 2.91. The number of rotatable bonds is 4. The molecule has 3 fully saturated rings. The van der Waals surface area contributed by atoms with E-state index in [1.54, 1.807) is 0 Å². The van der Waals surface area contributed by atoms with Gasteiger partial charge in [0.05, 0.1) is 12.6 Å². The predicted octanol–water partition coefficient (Wildman–Crippen LogP) is 3.89. The lowest BCUT2D eigenvalue weighted by molar-refractivity contribution is 0.190. The molecule has 2 bridgehead atoms. The zero-order valence-electron chi connectivity index (χ0n) is 17.7. The normalized spacial score (nSPS) is 23.0. The topological polar surface area (TPSA) is 73.5 Å². The van der Waals surface area contributed by atoms with Crippen molar-refractivity contribution in [3.63, 3.8) is 0 Å². The van der Waals surface area contributed by atoms with Crippen molar-refractivity contribution < 1.29 is 9.53 Å². The van der Waals surface area contributed by atoms with Crippen molar-refractivity contribution in [2.75, 3.05) is 36.5 Å². The van der Waals surface area contributed by atoms with Gasteiger partial charge in [0.25, 0.3) is 0 Å². The van der Waals surface area contributed by atoms with Crippen molar-refractivity contribution in [2.24, 2.45) is 11.3 Å². The van der Waals surface area contributed by atoms with Crippen LogP contribution in [0.15, 0.2) is 30.3 Å². The molecule has 3 aliphatic rings. The molecule has 0 unspecified atom stereocenters. The van der Waals surface area contributed by atoms with Crippen LogP contribution in [-0.2, 0) is 0 Å². The van der Waals surface area contributed by atoms with E-state index in [-0.39, 0.29) is 17.5 Å². The number of H-pyrrole nitrogens is 1. The SMILES string of the molecule is CCOc1ccc(N2C[C@H]3CN(C(=O)Nc4cc(C)[nH]n4)C[C@@H]2C(C)(C)C3)cc1. The minimum Gasteiger partial charge on any atom is -0.494 e. The van der Waals surface area contributed by atoms with Crippen molar-refractivity contribution in [3.05, 3.63) is 36.0 Å². The van der Waals surface area contributed by atoms with Gasteiger partial charge in [0.2, 0.25) is 0 Å². The van der Waals surface area contributed by atoms with Gasteiger partial charge < -0.3 is 14.5 Å². The highest BCUT2D eigenvalue weighted by Gasteiger charge is 2.46. The fraction of sp³-hybridized carbons (Fsp3) is 0.545. The van der Waals surface area contributed by atoms with E-state index in [2.05, 4.69) is 46.4 Å². The molecule has 156 valence electrons. The van der Waals surface area contributed by atoms with E-state index in [0.717, 1.165) is 31.0 Å². The number of hydrogen-bond acceptors (Lipinski definition) is 4. The van der Waals surface area contributed by atoms with Gasteiger partial charge >= 0.3 is 6.03 Å². The van der Waals surface area contributed by atoms with Crippen LogP contribution in [-0.4, -0.2) is 53.4 Å². The largest absolute Gasteiger partial charge is 0.494 e. The van der Waals surface area contributed by atoms with Gasteiger partial charge in [-0.2, -0.15) is 5.10 Å². The Balaban J connectivity index is 1.54. The van der Waals surface area contributed by atoms with E-state index in [1.807, 2.05) is 36.9 Å². The number of aromatic nitrogens is 2. The van der Waals surface area contributed by atoms with Crippen LogP contribution in [0.1, 0.15) is 32.9 Å². The first-order valence-electron chi connectivity index (χ1n) is 10.4. The van der Waals surface area contributed by atoms with Crippen LogP contribution in [0.5, 0.6) is 5.75 Å². The number of carbonyl (C=O) groups is 1. The summed E-state index contributed by atoms with van der Waals surface area (Å²) in [6.07, 6.45) is 1.12. The molecule has 0 spiro atoms. The third-order valence-electron chi connectivity index (χ3n) is 6.13. The maximum absolute atomic E-state index is 12.9. The Bertz CT molecular complexity index is 860. The second-order valence-corrected chi connectivity index (χ2v) is 8.93. The number of amides is 2. The zero-order chi connectivity index (χ0) is 20.6. The van der Waals surface area contributed by atoms with E-state index in [1.165, 1.54) is 5.69 Å².